The Kier molecular flexibility index (Phi) is 3.80. The molecule has 1 heterocycles. The van der Waals surface area contributed by atoms with Gasteiger partial charge in [-0.15, -0.1) is 0 Å². The van der Waals surface area contributed by atoms with Gasteiger partial charge in [-0.05, 0) is 23.2 Å². The highest BCUT2D eigenvalue weighted by atomic mass is 16.5. The third-order valence-corrected chi connectivity index (χ3v) is 5.08. The first-order valence-electron chi connectivity index (χ1n) is 7.29. The normalized spacial score (nSPS) is 19.6. The molecule has 1 saturated carbocycles. The van der Waals surface area contributed by atoms with Gasteiger partial charge in [0, 0.05) is 6.54 Å². The highest BCUT2D eigenvalue weighted by molar-refractivity contribution is 5.66. The fraction of sp³-hybridized carbons (Fsp3) is 0.733. The van der Waals surface area contributed by atoms with Crippen molar-refractivity contribution in [1.29, 1.82) is 0 Å². The second kappa shape index (κ2) is 5.11. The number of rotatable bonds is 6. The Hall–Kier alpha value is -1.52. The van der Waals surface area contributed by atoms with Crippen LogP contribution < -0.4 is 15.8 Å². The monoisotopic (exact) mass is 278 g/mol. The van der Waals surface area contributed by atoms with Crippen LogP contribution in [-0.2, 0) is 0 Å². The molecule has 0 amide bonds. The number of nitrogens with zero attached hydrogens (tertiary/aromatic N) is 2. The maximum Gasteiger partial charge on any atom is 0.242 e. The number of ether oxygens (including phenoxy) is 1. The Labute approximate surface area is 121 Å². The van der Waals surface area contributed by atoms with E-state index >= 15 is 0 Å². The second-order valence-corrected chi connectivity index (χ2v) is 6.67. The number of aromatic nitrogens is 2. The lowest BCUT2D eigenvalue weighted by molar-refractivity contribution is 0.306. The molecule has 0 aliphatic heterocycles. The molecule has 20 heavy (non-hydrogen) atoms. The summed E-state index contributed by atoms with van der Waals surface area (Å²) in [5, 5.41) is 3.35. The highest BCUT2D eigenvalue weighted by Crippen LogP contribution is 2.68. The van der Waals surface area contributed by atoms with Crippen LogP contribution in [-0.4, -0.2) is 23.1 Å². The standard InChI is InChI=1S/C15H26N4O/c1-6-7-20-13-11(16)12(18-9-19-13)17-8-10-14(2,3)15(10,4)5/h9-10H,6-8,16H2,1-5H3,(H,17,18,19). The summed E-state index contributed by atoms with van der Waals surface area (Å²) in [5.41, 5.74) is 7.25. The summed E-state index contributed by atoms with van der Waals surface area (Å²) in [6, 6.07) is 0. The highest BCUT2D eigenvalue weighted by Gasteiger charge is 2.64. The van der Waals surface area contributed by atoms with Gasteiger partial charge in [-0.25, -0.2) is 4.98 Å². The van der Waals surface area contributed by atoms with E-state index < -0.39 is 0 Å². The van der Waals surface area contributed by atoms with Crippen LogP contribution in [0.4, 0.5) is 11.5 Å². The van der Waals surface area contributed by atoms with E-state index in [-0.39, 0.29) is 0 Å². The number of nitrogen functional groups attached to an aromatic ring is 1. The molecule has 1 aromatic rings. The number of anilines is 2. The average Bonchev–Trinajstić information content (AvgIpc) is 2.77. The summed E-state index contributed by atoms with van der Waals surface area (Å²) in [4.78, 5) is 8.29. The van der Waals surface area contributed by atoms with Gasteiger partial charge in [0.15, 0.2) is 5.82 Å². The van der Waals surface area contributed by atoms with Crippen molar-refractivity contribution in [3.05, 3.63) is 6.33 Å². The van der Waals surface area contributed by atoms with Crippen molar-refractivity contribution in [1.82, 2.24) is 9.97 Å². The van der Waals surface area contributed by atoms with Crippen molar-refractivity contribution >= 4 is 11.5 Å². The van der Waals surface area contributed by atoms with Gasteiger partial charge in [0.25, 0.3) is 0 Å². The maximum absolute atomic E-state index is 6.05. The Bertz CT molecular complexity index is 471. The number of nitrogens with one attached hydrogen (secondary N) is 1. The fourth-order valence-electron chi connectivity index (χ4n) is 2.88. The van der Waals surface area contributed by atoms with Crippen molar-refractivity contribution in [2.45, 2.75) is 41.0 Å². The summed E-state index contributed by atoms with van der Waals surface area (Å²) in [6.07, 6.45) is 2.42. The van der Waals surface area contributed by atoms with Crippen molar-refractivity contribution < 1.29 is 4.74 Å². The van der Waals surface area contributed by atoms with E-state index in [0.717, 1.165) is 13.0 Å². The summed E-state index contributed by atoms with van der Waals surface area (Å²) < 4.78 is 5.51. The predicted molar refractivity (Wildman–Crippen MR) is 81.8 cm³/mol. The van der Waals surface area contributed by atoms with Gasteiger partial charge in [-0.3, -0.25) is 0 Å². The van der Waals surface area contributed by atoms with E-state index in [1.807, 2.05) is 6.92 Å². The first-order chi connectivity index (χ1) is 9.32. The van der Waals surface area contributed by atoms with Crippen LogP contribution in [0.15, 0.2) is 6.33 Å². The third-order valence-electron chi connectivity index (χ3n) is 5.08. The van der Waals surface area contributed by atoms with Gasteiger partial charge >= 0.3 is 0 Å². The van der Waals surface area contributed by atoms with Crippen LogP contribution in [0.2, 0.25) is 0 Å². The van der Waals surface area contributed by atoms with Crippen molar-refractivity contribution in [3.8, 4) is 5.88 Å². The minimum Gasteiger partial charge on any atom is -0.476 e. The topological polar surface area (TPSA) is 73.1 Å². The Morgan fingerprint density at radius 3 is 2.45 bits per heavy atom. The molecule has 0 unspecified atom stereocenters. The first-order valence-corrected chi connectivity index (χ1v) is 7.29. The Morgan fingerprint density at radius 1 is 1.25 bits per heavy atom. The van der Waals surface area contributed by atoms with Crippen molar-refractivity contribution in [2.75, 3.05) is 24.2 Å². The molecule has 112 valence electrons. The molecule has 0 atom stereocenters. The largest absolute Gasteiger partial charge is 0.476 e. The average molecular weight is 278 g/mol. The lowest BCUT2D eigenvalue weighted by atomic mass is 10.0. The Morgan fingerprint density at radius 2 is 1.90 bits per heavy atom. The van der Waals surface area contributed by atoms with E-state index in [0.29, 0.717) is 40.7 Å². The summed E-state index contributed by atoms with van der Waals surface area (Å²) in [7, 11) is 0. The SMILES string of the molecule is CCCOc1ncnc(NCC2C(C)(C)C2(C)C)c1N. The molecule has 1 aliphatic carbocycles. The van der Waals surface area contributed by atoms with Crippen molar-refractivity contribution in [3.63, 3.8) is 0 Å². The predicted octanol–water partition coefficient (Wildman–Crippen LogP) is 2.94. The zero-order chi connectivity index (χ0) is 15.0. The minimum absolute atomic E-state index is 0.351. The quantitative estimate of drug-likeness (QED) is 0.837. The van der Waals surface area contributed by atoms with Gasteiger partial charge in [-0.1, -0.05) is 34.6 Å². The number of hydrogen-bond donors (Lipinski definition) is 2. The van der Waals surface area contributed by atoms with E-state index in [1.165, 1.54) is 6.33 Å². The zero-order valence-electron chi connectivity index (χ0n) is 13.2. The van der Waals surface area contributed by atoms with E-state index in [2.05, 4.69) is 43.0 Å². The van der Waals surface area contributed by atoms with Crippen LogP contribution in [0.1, 0.15) is 41.0 Å². The van der Waals surface area contributed by atoms with Gasteiger partial charge < -0.3 is 15.8 Å². The molecule has 5 nitrogen and oxygen atoms in total. The summed E-state index contributed by atoms with van der Waals surface area (Å²) >= 11 is 0. The van der Waals surface area contributed by atoms with Gasteiger partial charge in [-0.2, -0.15) is 4.98 Å². The molecule has 3 N–H and O–H groups in total. The minimum atomic E-state index is 0.351. The molecule has 2 rings (SSSR count). The van der Waals surface area contributed by atoms with Crippen LogP contribution in [0.3, 0.4) is 0 Å². The van der Waals surface area contributed by atoms with Crippen LogP contribution in [0, 0.1) is 16.7 Å². The molecular weight excluding hydrogens is 252 g/mol. The molecule has 1 aliphatic rings. The fourth-order valence-corrected chi connectivity index (χ4v) is 2.88. The zero-order valence-corrected chi connectivity index (χ0v) is 13.2. The maximum atomic E-state index is 6.05. The number of nitrogens with two attached hydrogens (primary N) is 1. The van der Waals surface area contributed by atoms with E-state index in [9.17, 15) is 0 Å². The summed E-state index contributed by atoms with van der Waals surface area (Å²) in [6.45, 7) is 12.7. The molecule has 1 aromatic heterocycles. The molecule has 0 saturated heterocycles. The molecule has 0 spiro atoms. The van der Waals surface area contributed by atoms with Crippen LogP contribution in [0.25, 0.3) is 0 Å². The molecule has 0 bridgehead atoms. The van der Waals surface area contributed by atoms with Gasteiger partial charge in [0.2, 0.25) is 5.88 Å². The number of hydrogen-bond acceptors (Lipinski definition) is 5. The lowest BCUT2D eigenvalue weighted by Gasteiger charge is -2.12. The van der Waals surface area contributed by atoms with E-state index in [1.54, 1.807) is 0 Å². The van der Waals surface area contributed by atoms with Gasteiger partial charge in [0.1, 0.15) is 12.0 Å². The Balaban J connectivity index is 2.01. The van der Waals surface area contributed by atoms with Crippen molar-refractivity contribution in [2.24, 2.45) is 16.7 Å². The second-order valence-electron chi connectivity index (χ2n) is 6.67. The molecule has 5 heteroatoms. The first kappa shape index (κ1) is 14.9. The molecule has 0 radical (unpaired) electrons. The summed E-state index contributed by atoms with van der Waals surface area (Å²) in [5.74, 6) is 1.76. The van der Waals surface area contributed by atoms with Crippen LogP contribution >= 0.6 is 0 Å². The van der Waals surface area contributed by atoms with E-state index in [4.69, 9.17) is 10.5 Å². The van der Waals surface area contributed by atoms with Crippen LogP contribution in [0.5, 0.6) is 5.88 Å². The van der Waals surface area contributed by atoms with Gasteiger partial charge in [0.05, 0.1) is 6.61 Å². The molecular formula is C15H26N4O. The molecule has 0 aromatic carbocycles. The third kappa shape index (κ3) is 2.41. The smallest absolute Gasteiger partial charge is 0.242 e. The lowest BCUT2D eigenvalue weighted by Crippen LogP contribution is -2.12. The molecule has 1 fully saturated rings.